The molecule has 142 valence electrons. The van der Waals surface area contributed by atoms with Crippen LogP contribution in [0.2, 0.25) is 0 Å². The molecule has 6 nitrogen and oxygen atoms in total. The molecular weight excluding hydrogens is 449 g/mol. The molecule has 1 aliphatic heterocycles. The van der Waals surface area contributed by atoms with Crippen LogP contribution < -0.4 is 9.62 Å². The standard InChI is InChI=1S/C14H13Cl4FN4O2S/c1-22-12(24)11(20-10(21-26-2)9(15)14(16,17)18)23(13(22)25)8-6-4-3-5-7(8)19/h3-6,9-10,21H,1-2H3. The largest absolute Gasteiger partial charge is 0.337 e. The van der Waals surface area contributed by atoms with Crippen LogP contribution in [0, 0.1) is 5.82 Å². The Morgan fingerprint density at radius 1 is 1.27 bits per heavy atom. The maximum atomic E-state index is 14.2. The molecule has 1 fully saturated rings. The van der Waals surface area contributed by atoms with Crippen LogP contribution in [0.3, 0.4) is 0 Å². The number of imide groups is 1. The number of carbonyl (C=O) groups excluding carboxylic acids is 2. The molecular formula is C14H13Cl4FN4O2S. The van der Waals surface area contributed by atoms with E-state index >= 15 is 0 Å². The molecule has 0 aromatic heterocycles. The van der Waals surface area contributed by atoms with Gasteiger partial charge >= 0.3 is 6.03 Å². The number of likely N-dealkylation sites (N-methyl/N-ethyl adjacent to an activating group) is 1. The zero-order chi connectivity index (χ0) is 19.6. The third kappa shape index (κ3) is 4.37. The minimum Gasteiger partial charge on any atom is -0.265 e. The molecule has 1 aromatic carbocycles. The zero-order valence-electron chi connectivity index (χ0n) is 13.4. The van der Waals surface area contributed by atoms with Crippen LogP contribution in [0.4, 0.5) is 14.9 Å². The van der Waals surface area contributed by atoms with Gasteiger partial charge in [0.25, 0.3) is 5.91 Å². The van der Waals surface area contributed by atoms with Crippen LogP contribution in [-0.2, 0) is 4.79 Å². The quantitative estimate of drug-likeness (QED) is 0.411. The molecule has 2 rings (SSSR count). The smallest absolute Gasteiger partial charge is 0.265 e. The lowest BCUT2D eigenvalue weighted by Crippen LogP contribution is -2.42. The summed E-state index contributed by atoms with van der Waals surface area (Å²) in [4.78, 5) is 30.7. The monoisotopic (exact) mass is 460 g/mol. The SMILES string of the molecule is CSNC(N=C1C(=O)N(C)C(=O)N1c1ccccc1F)C(Cl)C(Cl)(Cl)Cl. The van der Waals surface area contributed by atoms with Crippen molar-refractivity contribution in [3.63, 3.8) is 0 Å². The molecule has 12 heteroatoms. The molecule has 0 radical (unpaired) electrons. The van der Waals surface area contributed by atoms with E-state index in [0.717, 1.165) is 27.8 Å². The van der Waals surface area contributed by atoms with Crippen molar-refractivity contribution in [2.45, 2.75) is 15.3 Å². The number of para-hydroxylation sites is 1. The van der Waals surface area contributed by atoms with E-state index in [0.29, 0.717) is 0 Å². The summed E-state index contributed by atoms with van der Waals surface area (Å²) in [5.41, 5.74) is -0.128. The Bertz CT molecular complexity index is 746. The van der Waals surface area contributed by atoms with E-state index in [1.807, 2.05) is 0 Å². The van der Waals surface area contributed by atoms with E-state index in [1.54, 1.807) is 6.26 Å². The molecule has 0 spiro atoms. The van der Waals surface area contributed by atoms with Crippen molar-refractivity contribution < 1.29 is 14.0 Å². The van der Waals surface area contributed by atoms with Gasteiger partial charge in [-0.25, -0.2) is 23.8 Å². The average Bonchev–Trinajstić information content (AvgIpc) is 2.78. The lowest BCUT2D eigenvalue weighted by atomic mass is 10.2. The predicted molar refractivity (Wildman–Crippen MR) is 105 cm³/mol. The Labute approximate surface area is 173 Å². The van der Waals surface area contributed by atoms with E-state index in [9.17, 15) is 14.0 Å². The van der Waals surface area contributed by atoms with Gasteiger partial charge in [0.15, 0.2) is 0 Å². The molecule has 1 aromatic rings. The maximum Gasteiger partial charge on any atom is 0.337 e. The van der Waals surface area contributed by atoms with E-state index in [-0.39, 0.29) is 11.5 Å². The van der Waals surface area contributed by atoms with Crippen molar-refractivity contribution in [3.8, 4) is 0 Å². The number of alkyl halides is 4. The molecule has 1 heterocycles. The zero-order valence-corrected chi connectivity index (χ0v) is 17.3. The molecule has 3 amide bonds. The number of halogens is 5. The highest BCUT2D eigenvalue weighted by molar-refractivity contribution is 7.96. The molecule has 1 aliphatic rings. The van der Waals surface area contributed by atoms with E-state index in [1.165, 1.54) is 25.2 Å². The Kier molecular flexibility index (Phi) is 7.04. The Morgan fingerprint density at radius 3 is 2.42 bits per heavy atom. The van der Waals surface area contributed by atoms with Gasteiger partial charge in [0.2, 0.25) is 9.63 Å². The third-order valence-electron chi connectivity index (χ3n) is 3.37. The number of amidine groups is 1. The molecule has 2 unspecified atom stereocenters. The summed E-state index contributed by atoms with van der Waals surface area (Å²) < 4.78 is 15.1. The van der Waals surface area contributed by atoms with Crippen LogP contribution >= 0.6 is 58.4 Å². The maximum absolute atomic E-state index is 14.2. The van der Waals surface area contributed by atoms with E-state index in [4.69, 9.17) is 46.4 Å². The number of anilines is 1. The van der Waals surface area contributed by atoms with E-state index in [2.05, 4.69) is 9.71 Å². The van der Waals surface area contributed by atoms with Crippen molar-refractivity contribution in [2.24, 2.45) is 4.99 Å². The fourth-order valence-electron chi connectivity index (χ4n) is 2.12. The van der Waals surface area contributed by atoms with Gasteiger partial charge in [-0.2, -0.15) is 0 Å². The lowest BCUT2D eigenvalue weighted by Gasteiger charge is -2.25. The average molecular weight is 462 g/mol. The van der Waals surface area contributed by atoms with Crippen molar-refractivity contribution in [1.29, 1.82) is 0 Å². The molecule has 1 N–H and O–H groups in total. The minimum atomic E-state index is -1.90. The van der Waals surface area contributed by atoms with Gasteiger partial charge in [0.1, 0.15) is 17.4 Å². The molecule has 0 aliphatic carbocycles. The second-order valence-electron chi connectivity index (χ2n) is 5.10. The fraction of sp³-hybridized carbons (Fsp3) is 0.357. The normalized spacial score (nSPS) is 19.4. The van der Waals surface area contributed by atoms with Gasteiger partial charge < -0.3 is 0 Å². The number of nitrogens with one attached hydrogen (secondary N) is 1. The summed E-state index contributed by atoms with van der Waals surface area (Å²) in [5.74, 6) is -1.77. The van der Waals surface area contributed by atoms with Gasteiger partial charge in [0, 0.05) is 7.05 Å². The number of carbonyl (C=O) groups is 2. The number of amides is 3. The number of hydrogen-bond acceptors (Lipinski definition) is 5. The first-order valence-corrected chi connectivity index (χ1v) is 9.82. The summed E-state index contributed by atoms with van der Waals surface area (Å²) in [6.07, 6.45) is 0.629. The number of urea groups is 1. The Morgan fingerprint density at radius 2 is 1.88 bits per heavy atom. The number of aliphatic imine (C=N–C) groups is 1. The highest BCUT2D eigenvalue weighted by Gasteiger charge is 2.44. The van der Waals surface area contributed by atoms with E-state index < -0.39 is 33.1 Å². The highest BCUT2D eigenvalue weighted by atomic mass is 35.6. The third-order valence-corrected chi connectivity index (χ3v) is 5.45. The molecule has 0 saturated carbocycles. The molecule has 26 heavy (non-hydrogen) atoms. The van der Waals surface area contributed by atoms with Crippen molar-refractivity contribution >= 4 is 81.8 Å². The summed E-state index contributed by atoms with van der Waals surface area (Å²) in [6.45, 7) is 0. The minimum absolute atomic E-state index is 0.128. The van der Waals surface area contributed by atoms with Crippen LogP contribution in [0.15, 0.2) is 29.3 Å². The first-order valence-electron chi connectivity index (χ1n) is 7.03. The van der Waals surface area contributed by atoms with Crippen molar-refractivity contribution in [3.05, 3.63) is 30.1 Å². The number of rotatable bonds is 5. The molecule has 1 saturated heterocycles. The second-order valence-corrected chi connectivity index (χ2v) is 8.58. The lowest BCUT2D eigenvalue weighted by molar-refractivity contribution is -0.119. The first kappa shape index (κ1) is 21.5. The van der Waals surface area contributed by atoms with Crippen molar-refractivity contribution in [2.75, 3.05) is 18.2 Å². The summed E-state index contributed by atoms with van der Waals surface area (Å²) in [6, 6.07) is 4.72. The van der Waals surface area contributed by atoms with Gasteiger partial charge in [-0.05, 0) is 18.4 Å². The topological polar surface area (TPSA) is 65.0 Å². The molecule has 0 bridgehead atoms. The van der Waals surface area contributed by atoms with Crippen LogP contribution in [0.1, 0.15) is 0 Å². The van der Waals surface area contributed by atoms with Crippen LogP contribution in [0.5, 0.6) is 0 Å². The van der Waals surface area contributed by atoms with Crippen LogP contribution in [-0.4, -0.2) is 51.3 Å². The first-order chi connectivity index (χ1) is 12.1. The van der Waals surface area contributed by atoms with Gasteiger partial charge in [-0.15, -0.1) is 11.6 Å². The van der Waals surface area contributed by atoms with Gasteiger partial charge in [-0.1, -0.05) is 58.9 Å². The summed E-state index contributed by atoms with van der Waals surface area (Å²) >= 11 is 24.7. The fourth-order valence-corrected chi connectivity index (χ4v) is 3.10. The summed E-state index contributed by atoms with van der Waals surface area (Å²) in [5, 5.41) is -1.18. The summed E-state index contributed by atoms with van der Waals surface area (Å²) in [7, 11) is 1.26. The molecule has 2 atom stereocenters. The van der Waals surface area contributed by atoms with Crippen molar-refractivity contribution in [1.82, 2.24) is 9.62 Å². The Balaban J connectivity index is 2.54. The van der Waals surface area contributed by atoms with Gasteiger partial charge in [0.05, 0.1) is 5.69 Å². The number of benzene rings is 1. The second kappa shape index (κ2) is 8.50. The predicted octanol–water partition coefficient (Wildman–Crippen LogP) is 3.79. The highest BCUT2D eigenvalue weighted by Crippen LogP contribution is 2.37. The van der Waals surface area contributed by atoms with Crippen LogP contribution in [0.25, 0.3) is 0 Å². The van der Waals surface area contributed by atoms with Gasteiger partial charge in [-0.3, -0.25) is 9.69 Å². The Hall–Kier alpha value is -0.770. The number of hydrogen-bond donors (Lipinski definition) is 1. The number of nitrogens with zero attached hydrogens (tertiary/aromatic N) is 3.